The Bertz CT molecular complexity index is 553. The van der Waals surface area contributed by atoms with Crippen LogP contribution in [0.25, 0.3) is 11.0 Å². The fraction of sp³-hybridized carbons (Fsp3) is 0.200. The van der Waals surface area contributed by atoms with Gasteiger partial charge in [-0.15, -0.1) is 0 Å². The number of nitrogens with zero attached hydrogens (tertiary/aromatic N) is 1. The number of halogens is 2. The molecule has 0 radical (unpaired) electrons. The predicted octanol–water partition coefficient (Wildman–Crippen LogP) is 3.16. The van der Waals surface area contributed by atoms with Gasteiger partial charge >= 0.3 is 5.97 Å². The highest BCUT2D eigenvalue weighted by Gasteiger charge is 2.14. The van der Waals surface area contributed by atoms with Gasteiger partial charge in [-0.1, -0.05) is 11.6 Å². The average Bonchev–Trinajstić information content (AvgIpc) is 2.69. The average molecular weight is 304 g/mol. The second-order valence-corrected chi connectivity index (χ2v) is 4.26. The summed E-state index contributed by atoms with van der Waals surface area (Å²) in [5.74, 6) is -0.290. The molecule has 1 aromatic carbocycles. The molecule has 1 heterocycles. The van der Waals surface area contributed by atoms with Gasteiger partial charge in [0, 0.05) is 0 Å². The third-order valence-electron chi connectivity index (χ3n) is 2.01. The van der Waals surface area contributed by atoms with E-state index in [9.17, 15) is 4.79 Å². The monoisotopic (exact) mass is 302 g/mol. The minimum Gasteiger partial charge on any atom is -0.460 e. The zero-order valence-electron chi connectivity index (χ0n) is 8.38. The lowest BCUT2D eigenvalue weighted by molar-refractivity contribution is 0.0514. The van der Waals surface area contributed by atoms with Crippen molar-refractivity contribution in [2.75, 3.05) is 6.61 Å². The Balaban J connectivity index is 2.52. The van der Waals surface area contributed by atoms with E-state index in [0.29, 0.717) is 21.6 Å². The molecule has 2 rings (SSSR count). The molecule has 0 aliphatic rings. The number of aromatic amines is 1. The van der Waals surface area contributed by atoms with Crippen molar-refractivity contribution < 1.29 is 9.53 Å². The van der Waals surface area contributed by atoms with Crippen LogP contribution in [0.3, 0.4) is 0 Å². The Morgan fingerprint density at radius 2 is 2.38 bits per heavy atom. The van der Waals surface area contributed by atoms with Crippen molar-refractivity contribution >= 4 is 44.5 Å². The van der Waals surface area contributed by atoms with Crippen molar-refractivity contribution in [3.8, 4) is 0 Å². The number of benzene rings is 1. The van der Waals surface area contributed by atoms with E-state index >= 15 is 0 Å². The predicted molar refractivity (Wildman–Crippen MR) is 64.8 cm³/mol. The van der Waals surface area contributed by atoms with Gasteiger partial charge in [-0.3, -0.25) is 0 Å². The molecule has 0 atom stereocenters. The van der Waals surface area contributed by atoms with E-state index in [1.165, 1.54) is 0 Å². The zero-order chi connectivity index (χ0) is 11.7. The topological polar surface area (TPSA) is 55.0 Å². The molecule has 2 aromatic rings. The van der Waals surface area contributed by atoms with E-state index in [0.717, 1.165) is 5.52 Å². The molecule has 6 heteroatoms. The molecule has 0 spiro atoms. The Hall–Kier alpha value is -1.07. The van der Waals surface area contributed by atoms with Crippen molar-refractivity contribution in [1.29, 1.82) is 0 Å². The molecule has 4 nitrogen and oxygen atoms in total. The number of fused-ring (bicyclic) bond motifs is 1. The molecule has 0 aliphatic heterocycles. The van der Waals surface area contributed by atoms with Crippen LogP contribution >= 0.6 is 27.5 Å². The molecule has 0 saturated carbocycles. The lowest BCUT2D eigenvalue weighted by Crippen LogP contribution is -2.06. The Morgan fingerprint density at radius 3 is 3.06 bits per heavy atom. The standard InChI is InChI=1S/C10H8BrClN2O2/c1-2-16-10(15)9-13-6-4-3-5(12)7(11)8(6)14-9/h3-4H,2H2,1H3,(H,13,14). The summed E-state index contributed by atoms with van der Waals surface area (Å²) in [6.07, 6.45) is 0. The van der Waals surface area contributed by atoms with Crippen LogP contribution in [0.15, 0.2) is 16.6 Å². The van der Waals surface area contributed by atoms with E-state index in [-0.39, 0.29) is 5.82 Å². The first-order valence-electron chi connectivity index (χ1n) is 4.64. The summed E-state index contributed by atoms with van der Waals surface area (Å²) in [7, 11) is 0. The van der Waals surface area contributed by atoms with Crippen LogP contribution in [0.1, 0.15) is 17.5 Å². The van der Waals surface area contributed by atoms with Crippen molar-refractivity contribution in [2.24, 2.45) is 0 Å². The van der Waals surface area contributed by atoms with Crippen LogP contribution in [0.4, 0.5) is 0 Å². The Kier molecular flexibility index (Phi) is 3.16. The third-order valence-corrected chi connectivity index (χ3v) is 3.36. The number of ether oxygens (including phenoxy) is 1. The van der Waals surface area contributed by atoms with Crippen molar-refractivity contribution in [2.45, 2.75) is 6.92 Å². The van der Waals surface area contributed by atoms with Crippen molar-refractivity contribution in [1.82, 2.24) is 9.97 Å². The fourth-order valence-electron chi connectivity index (χ4n) is 1.31. The molecule has 0 saturated heterocycles. The molecule has 0 amide bonds. The number of carbonyl (C=O) groups excluding carboxylic acids is 1. The molecular formula is C10H8BrClN2O2. The number of aromatic nitrogens is 2. The Morgan fingerprint density at radius 1 is 1.62 bits per heavy atom. The second kappa shape index (κ2) is 4.43. The number of hydrogen-bond donors (Lipinski definition) is 1. The Labute approximate surface area is 105 Å². The summed E-state index contributed by atoms with van der Waals surface area (Å²) in [4.78, 5) is 18.5. The molecule has 16 heavy (non-hydrogen) atoms. The number of carbonyl (C=O) groups is 1. The fourth-order valence-corrected chi connectivity index (χ4v) is 1.90. The first-order valence-corrected chi connectivity index (χ1v) is 5.81. The van der Waals surface area contributed by atoms with Crippen LogP contribution in [0.5, 0.6) is 0 Å². The molecule has 0 aliphatic carbocycles. The molecule has 1 N–H and O–H groups in total. The van der Waals surface area contributed by atoms with Gasteiger partial charge in [-0.2, -0.15) is 0 Å². The summed E-state index contributed by atoms with van der Waals surface area (Å²) in [6, 6.07) is 3.49. The number of H-pyrrole nitrogens is 1. The SMILES string of the molecule is CCOC(=O)c1nc2c(Br)c(Cl)ccc2[nH]1. The van der Waals surface area contributed by atoms with Crippen LogP contribution < -0.4 is 0 Å². The number of nitrogens with one attached hydrogen (secondary N) is 1. The van der Waals surface area contributed by atoms with E-state index in [2.05, 4.69) is 25.9 Å². The third kappa shape index (κ3) is 1.92. The quantitative estimate of drug-likeness (QED) is 0.867. The molecule has 0 fully saturated rings. The van der Waals surface area contributed by atoms with Gasteiger partial charge in [-0.05, 0) is 35.0 Å². The number of hydrogen-bond acceptors (Lipinski definition) is 3. The number of imidazole rings is 1. The summed E-state index contributed by atoms with van der Waals surface area (Å²) >= 11 is 9.24. The van der Waals surface area contributed by atoms with Crippen LogP contribution in [0.2, 0.25) is 5.02 Å². The summed E-state index contributed by atoms with van der Waals surface area (Å²) < 4.78 is 5.51. The van der Waals surface area contributed by atoms with Gasteiger partial charge in [0.25, 0.3) is 0 Å². The van der Waals surface area contributed by atoms with Gasteiger partial charge in [-0.25, -0.2) is 9.78 Å². The molecule has 0 unspecified atom stereocenters. The van der Waals surface area contributed by atoms with Gasteiger partial charge < -0.3 is 9.72 Å². The summed E-state index contributed by atoms with van der Waals surface area (Å²) in [5.41, 5.74) is 1.36. The second-order valence-electron chi connectivity index (χ2n) is 3.06. The van der Waals surface area contributed by atoms with E-state index in [1.807, 2.05) is 0 Å². The zero-order valence-corrected chi connectivity index (χ0v) is 10.7. The van der Waals surface area contributed by atoms with Crippen molar-refractivity contribution in [3.05, 3.63) is 27.5 Å². The number of esters is 1. The first-order chi connectivity index (χ1) is 7.63. The summed E-state index contributed by atoms with van der Waals surface area (Å²) in [5, 5.41) is 0.550. The van der Waals surface area contributed by atoms with Gasteiger partial charge in [0.15, 0.2) is 0 Å². The van der Waals surface area contributed by atoms with Crippen molar-refractivity contribution in [3.63, 3.8) is 0 Å². The highest BCUT2D eigenvalue weighted by Crippen LogP contribution is 2.29. The first kappa shape index (κ1) is 11.4. The molecular weight excluding hydrogens is 295 g/mol. The minimum absolute atomic E-state index is 0.180. The van der Waals surface area contributed by atoms with E-state index in [4.69, 9.17) is 16.3 Å². The molecule has 1 aromatic heterocycles. The highest BCUT2D eigenvalue weighted by atomic mass is 79.9. The van der Waals surface area contributed by atoms with Gasteiger partial charge in [0.2, 0.25) is 5.82 Å². The minimum atomic E-state index is -0.471. The normalized spacial score (nSPS) is 10.7. The number of rotatable bonds is 2. The molecule has 84 valence electrons. The van der Waals surface area contributed by atoms with Crippen LogP contribution in [-0.2, 0) is 4.74 Å². The van der Waals surface area contributed by atoms with Crippen LogP contribution in [-0.4, -0.2) is 22.5 Å². The smallest absolute Gasteiger partial charge is 0.374 e. The lowest BCUT2D eigenvalue weighted by Gasteiger charge is -1.95. The maximum Gasteiger partial charge on any atom is 0.374 e. The van der Waals surface area contributed by atoms with Gasteiger partial charge in [0.05, 0.1) is 21.6 Å². The summed E-state index contributed by atoms with van der Waals surface area (Å²) in [6.45, 7) is 2.06. The lowest BCUT2D eigenvalue weighted by atomic mass is 10.3. The van der Waals surface area contributed by atoms with E-state index in [1.54, 1.807) is 19.1 Å². The van der Waals surface area contributed by atoms with E-state index < -0.39 is 5.97 Å². The molecule has 0 bridgehead atoms. The highest BCUT2D eigenvalue weighted by molar-refractivity contribution is 9.10. The largest absolute Gasteiger partial charge is 0.460 e. The maximum atomic E-state index is 11.4. The maximum absolute atomic E-state index is 11.4. The van der Waals surface area contributed by atoms with Gasteiger partial charge in [0.1, 0.15) is 5.52 Å². The van der Waals surface area contributed by atoms with Crippen LogP contribution in [0, 0.1) is 0 Å².